The molecule has 5 heteroatoms. The number of rotatable bonds is 7. The van der Waals surface area contributed by atoms with Crippen LogP contribution in [0.4, 0.5) is 0 Å². The van der Waals surface area contributed by atoms with E-state index in [2.05, 4.69) is 22.3 Å². The van der Waals surface area contributed by atoms with E-state index < -0.39 is 0 Å². The molecule has 0 spiro atoms. The van der Waals surface area contributed by atoms with Crippen molar-refractivity contribution in [2.45, 2.75) is 63.3 Å². The number of likely N-dealkylation sites (tertiary alicyclic amines) is 1. The molecule has 2 aromatic rings. The van der Waals surface area contributed by atoms with Crippen LogP contribution >= 0.6 is 0 Å². The molecule has 2 aromatic carbocycles. The number of ether oxygens (including phenoxy) is 2. The second-order valence-electron chi connectivity index (χ2n) is 9.16. The van der Waals surface area contributed by atoms with Gasteiger partial charge in [-0.1, -0.05) is 43.2 Å². The van der Waals surface area contributed by atoms with Gasteiger partial charge in [0.05, 0.1) is 12.2 Å². The molecule has 1 saturated carbocycles. The Morgan fingerprint density at radius 1 is 0.968 bits per heavy atom. The monoisotopic (exact) mass is 420 g/mol. The second kappa shape index (κ2) is 9.41. The maximum Gasteiger partial charge on any atom is 0.223 e. The normalized spacial score (nSPS) is 26.1. The highest BCUT2D eigenvalue weighted by Crippen LogP contribution is 2.34. The van der Waals surface area contributed by atoms with E-state index in [1.54, 1.807) is 0 Å². The number of hydrogen-bond donors (Lipinski definition) is 1. The lowest BCUT2D eigenvalue weighted by Crippen LogP contribution is -2.64. The summed E-state index contributed by atoms with van der Waals surface area (Å²) in [5.74, 6) is 2.19. The SMILES string of the molecule is O=C(NC[C@@H]1CC[C@H]2[C@H](CN2Cc2ccc(Oc3ccccc3)cc2)O1)C1CCCC1. The van der Waals surface area contributed by atoms with E-state index >= 15 is 0 Å². The molecule has 3 fully saturated rings. The minimum Gasteiger partial charge on any atom is -0.457 e. The van der Waals surface area contributed by atoms with E-state index in [1.807, 2.05) is 42.5 Å². The first-order chi connectivity index (χ1) is 15.2. The predicted molar refractivity (Wildman–Crippen MR) is 120 cm³/mol. The van der Waals surface area contributed by atoms with Crippen molar-refractivity contribution in [3.63, 3.8) is 0 Å². The highest BCUT2D eigenvalue weighted by Gasteiger charge is 2.43. The van der Waals surface area contributed by atoms with Crippen LogP contribution in [-0.4, -0.2) is 42.1 Å². The third kappa shape index (κ3) is 4.94. The van der Waals surface area contributed by atoms with Gasteiger partial charge in [0.15, 0.2) is 0 Å². The molecule has 0 radical (unpaired) electrons. The number of nitrogens with one attached hydrogen (secondary N) is 1. The lowest BCUT2D eigenvalue weighted by atomic mass is 9.89. The molecule has 5 rings (SSSR count). The number of carbonyl (C=O) groups is 1. The smallest absolute Gasteiger partial charge is 0.223 e. The fraction of sp³-hybridized carbons (Fsp3) is 0.500. The van der Waals surface area contributed by atoms with Gasteiger partial charge in [-0.2, -0.15) is 0 Å². The zero-order valence-electron chi connectivity index (χ0n) is 18.0. The maximum atomic E-state index is 12.2. The van der Waals surface area contributed by atoms with Crippen LogP contribution in [0.1, 0.15) is 44.1 Å². The summed E-state index contributed by atoms with van der Waals surface area (Å²) in [4.78, 5) is 14.8. The van der Waals surface area contributed by atoms with Crippen LogP contribution in [0.3, 0.4) is 0 Å². The van der Waals surface area contributed by atoms with E-state index in [4.69, 9.17) is 9.47 Å². The Hall–Kier alpha value is -2.37. The van der Waals surface area contributed by atoms with Crippen LogP contribution in [0, 0.1) is 5.92 Å². The largest absolute Gasteiger partial charge is 0.457 e. The molecule has 1 aliphatic carbocycles. The van der Waals surface area contributed by atoms with Crippen LogP contribution in [0.25, 0.3) is 0 Å². The van der Waals surface area contributed by atoms with Crippen LogP contribution in [-0.2, 0) is 16.1 Å². The topological polar surface area (TPSA) is 50.8 Å². The van der Waals surface area contributed by atoms with E-state index in [-0.39, 0.29) is 17.9 Å². The lowest BCUT2D eigenvalue weighted by Gasteiger charge is -2.52. The Balaban J connectivity index is 1.05. The van der Waals surface area contributed by atoms with Crippen molar-refractivity contribution >= 4 is 5.91 Å². The first-order valence-corrected chi connectivity index (χ1v) is 11.7. The lowest BCUT2D eigenvalue weighted by molar-refractivity contribution is -0.169. The molecular formula is C26H32N2O3. The minimum atomic E-state index is 0.170. The van der Waals surface area contributed by atoms with Gasteiger partial charge in [0.1, 0.15) is 11.5 Å². The minimum absolute atomic E-state index is 0.170. The zero-order valence-corrected chi connectivity index (χ0v) is 18.0. The van der Waals surface area contributed by atoms with Gasteiger partial charge in [0, 0.05) is 31.6 Å². The Labute approximate surface area is 184 Å². The van der Waals surface area contributed by atoms with Gasteiger partial charge in [0.25, 0.3) is 0 Å². The quantitative estimate of drug-likeness (QED) is 0.716. The Kier molecular flexibility index (Phi) is 6.23. The van der Waals surface area contributed by atoms with Crippen molar-refractivity contribution < 1.29 is 14.3 Å². The molecule has 0 unspecified atom stereocenters. The summed E-state index contributed by atoms with van der Waals surface area (Å²) >= 11 is 0. The van der Waals surface area contributed by atoms with Crippen molar-refractivity contribution in [2.24, 2.45) is 5.92 Å². The number of nitrogens with zero attached hydrogens (tertiary/aromatic N) is 1. The number of amides is 1. The van der Waals surface area contributed by atoms with Crippen LogP contribution < -0.4 is 10.1 Å². The number of carbonyl (C=O) groups excluding carboxylic acids is 1. The number of fused-ring (bicyclic) bond motifs is 1. The molecule has 164 valence electrons. The molecule has 2 saturated heterocycles. The fourth-order valence-corrected chi connectivity index (χ4v) is 5.16. The third-order valence-corrected chi connectivity index (χ3v) is 6.98. The van der Waals surface area contributed by atoms with Crippen LogP contribution in [0.15, 0.2) is 54.6 Å². The molecule has 5 nitrogen and oxygen atoms in total. The highest BCUT2D eigenvalue weighted by molar-refractivity contribution is 5.78. The first kappa shape index (κ1) is 20.5. The second-order valence-corrected chi connectivity index (χ2v) is 9.16. The van der Waals surface area contributed by atoms with Crippen LogP contribution in [0.5, 0.6) is 11.5 Å². The zero-order chi connectivity index (χ0) is 21.0. The summed E-state index contributed by atoms with van der Waals surface area (Å²) in [5, 5.41) is 3.14. The summed E-state index contributed by atoms with van der Waals surface area (Å²) in [5.41, 5.74) is 1.30. The summed E-state index contributed by atoms with van der Waals surface area (Å²) < 4.78 is 12.2. The Morgan fingerprint density at radius 3 is 2.45 bits per heavy atom. The fourth-order valence-electron chi connectivity index (χ4n) is 5.16. The third-order valence-electron chi connectivity index (χ3n) is 6.98. The Morgan fingerprint density at radius 2 is 1.71 bits per heavy atom. The molecule has 3 atom stereocenters. The average molecular weight is 421 g/mol. The van der Waals surface area contributed by atoms with Gasteiger partial charge in [-0.15, -0.1) is 0 Å². The summed E-state index contributed by atoms with van der Waals surface area (Å²) in [6, 6.07) is 18.7. The highest BCUT2D eigenvalue weighted by atomic mass is 16.5. The maximum absolute atomic E-state index is 12.2. The van der Waals surface area contributed by atoms with Gasteiger partial charge >= 0.3 is 0 Å². The van der Waals surface area contributed by atoms with E-state index in [0.29, 0.717) is 18.7 Å². The van der Waals surface area contributed by atoms with Gasteiger partial charge in [0.2, 0.25) is 5.91 Å². The molecule has 31 heavy (non-hydrogen) atoms. The number of para-hydroxylation sites is 1. The summed E-state index contributed by atoms with van der Waals surface area (Å²) in [7, 11) is 0. The molecule has 3 aliphatic rings. The standard InChI is InChI=1S/C26H32N2O3/c29-26(20-6-4-5-7-20)27-16-23-14-15-24-25(31-23)18-28(24)17-19-10-12-22(13-11-19)30-21-8-2-1-3-9-21/h1-3,8-13,20,23-25H,4-7,14-18H2,(H,27,29)/t23-,24-,25-/m0/s1. The van der Waals surface area contributed by atoms with Crippen LogP contribution in [0.2, 0.25) is 0 Å². The van der Waals surface area contributed by atoms with Gasteiger partial charge in [-0.05, 0) is 55.5 Å². The molecule has 2 aliphatic heterocycles. The van der Waals surface area contributed by atoms with Crippen molar-refractivity contribution in [1.29, 1.82) is 0 Å². The van der Waals surface area contributed by atoms with E-state index in [9.17, 15) is 4.79 Å². The summed E-state index contributed by atoms with van der Waals surface area (Å²) in [6.45, 7) is 2.58. The van der Waals surface area contributed by atoms with Crippen molar-refractivity contribution in [1.82, 2.24) is 10.2 Å². The Bertz CT molecular complexity index is 864. The first-order valence-electron chi connectivity index (χ1n) is 11.7. The molecular weight excluding hydrogens is 388 g/mol. The van der Waals surface area contributed by atoms with E-state index in [0.717, 1.165) is 50.3 Å². The molecule has 1 N–H and O–H groups in total. The molecule has 0 bridgehead atoms. The van der Waals surface area contributed by atoms with Crippen molar-refractivity contribution in [3.8, 4) is 11.5 Å². The molecule has 2 heterocycles. The summed E-state index contributed by atoms with van der Waals surface area (Å²) in [6.07, 6.45) is 7.13. The number of hydrogen-bond acceptors (Lipinski definition) is 4. The molecule has 1 amide bonds. The van der Waals surface area contributed by atoms with Gasteiger partial charge < -0.3 is 14.8 Å². The van der Waals surface area contributed by atoms with Crippen molar-refractivity contribution in [3.05, 3.63) is 60.2 Å². The molecule has 0 aromatic heterocycles. The van der Waals surface area contributed by atoms with E-state index in [1.165, 1.54) is 18.4 Å². The van der Waals surface area contributed by atoms with Gasteiger partial charge in [-0.3, -0.25) is 9.69 Å². The average Bonchev–Trinajstić information content (AvgIpc) is 3.33. The van der Waals surface area contributed by atoms with Gasteiger partial charge in [-0.25, -0.2) is 0 Å². The number of benzene rings is 2. The predicted octanol–water partition coefficient (Wildman–Crippen LogP) is 4.52. The van der Waals surface area contributed by atoms with Crippen molar-refractivity contribution in [2.75, 3.05) is 13.1 Å².